The summed E-state index contributed by atoms with van der Waals surface area (Å²) >= 11 is 0. The summed E-state index contributed by atoms with van der Waals surface area (Å²) in [6, 6.07) is 10.2. The summed E-state index contributed by atoms with van der Waals surface area (Å²) in [5.74, 6) is -0.0605. The van der Waals surface area contributed by atoms with Crippen molar-refractivity contribution in [3.05, 3.63) is 69.1 Å². The Morgan fingerprint density at radius 1 is 1.03 bits per heavy atom. The van der Waals surface area contributed by atoms with Crippen LogP contribution < -0.4 is 11.2 Å². The van der Waals surface area contributed by atoms with E-state index in [4.69, 9.17) is 0 Å². The van der Waals surface area contributed by atoms with Crippen LogP contribution in [0.3, 0.4) is 0 Å². The third kappa shape index (κ3) is 4.22. The van der Waals surface area contributed by atoms with Crippen molar-refractivity contribution in [3.8, 4) is 0 Å². The molecule has 4 rings (SSSR count). The number of carbonyl (C=O) groups is 1. The number of aromatic nitrogens is 4. The van der Waals surface area contributed by atoms with Crippen LogP contribution in [0.25, 0.3) is 17.2 Å². The molecule has 162 valence electrons. The van der Waals surface area contributed by atoms with E-state index >= 15 is 0 Å². The van der Waals surface area contributed by atoms with Crippen LogP contribution in [0.4, 0.5) is 0 Å². The minimum Gasteiger partial charge on any atom is -0.339 e. The maximum Gasteiger partial charge on any atom is 0.332 e. The smallest absolute Gasteiger partial charge is 0.332 e. The predicted octanol–water partition coefficient (Wildman–Crippen LogP) is 0.291. The first-order valence-electron chi connectivity index (χ1n) is 10.3. The van der Waals surface area contributed by atoms with Gasteiger partial charge in [-0.3, -0.25) is 23.6 Å². The van der Waals surface area contributed by atoms with Crippen molar-refractivity contribution >= 4 is 23.1 Å². The lowest BCUT2D eigenvalue weighted by molar-refractivity contribution is -0.133. The minimum absolute atomic E-state index is 0.0256. The molecule has 2 aromatic heterocycles. The van der Waals surface area contributed by atoms with Crippen molar-refractivity contribution in [2.75, 3.05) is 32.7 Å². The summed E-state index contributed by atoms with van der Waals surface area (Å²) in [5, 5.41) is 0. The van der Waals surface area contributed by atoms with Crippen LogP contribution in [0.5, 0.6) is 0 Å². The molecule has 0 atom stereocenters. The molecule has 31 heavy (non-hydrogen) atoms. The Labute approximate surface area is 179 Å². The van der Waals surface area contributed by atoms with E-state index in [0.29, 0.717) is 13.1 Å². The first-order valence-corrected chi connectivity index (χ1v) is 10.3. The summed E-state index contributed by atoms with van der Waals surface area (Å²) in [6.07, 6.45) is 5.70. The van der Waals surface area contributed by atoms with Gasteiger partial charge in [-0.1, -0.05) is 42.5 Å². The number of hydrogen-bond donors (Lipinski definition) is 0. The fourth-order valence-electron chi connectivity index (χ4n) is 3.84. The lowest BCUT2D eigenvalue weighted by Crippen LogP contribution is -2.49. The van der Waals surface area contributed by atoms with Crippen LogP contribution in [-0.2, 0) is 25.4 Å². The molecule has 0 bridgehead atoms. The predicted molar refractivity (Wildman–Crippen MR) is 119 cm³/mol. The number of piperazine rings is 1. The van der Waals surface area contributed by atoms with Gasteiger partial charge in [0.1, 0.15) is 6.54 Å². The van der Waals surface area contributed by atoms with E-state index in [1.54, 1.807) is 7.05 Å². The van der Waals surface area contributed by atoms with Gasteiger partial charge in [-0.2, -0.15) is 0 Å². The first kappa shape index (κ1) is 20.8. The van der Waals surface area contributed by atoms with Crippen molar-refractivity contribution in [1.82, 2.24) is 28.5 Å². The average molecular weight is 422 g/mol. The zero-order valence-corrected chi connectivity index (χ0v) is 17.8. The summed E-state index contributed by atoms with van der Waals surface area (Å²) < 4.78 is 3.89. The first-order chi connectivity index (χ1) is 15.0. The molecule has 0 aliphatic carbocycles. The molecule has 9 heteroatoms. The number of rotatable bonds is 5. The number of nitrogens with zero attached hydrogens (tertiary/aromatic N) is 6. The van der Waals surface area contributed by atoms with Gasteiger partial charge < -0.3 is 9.47 Å². The molecule has 3 aromatic rings. The van der Waals surface area contributed by atoms with E-state index in [0.717, 1.165) is 24.2 Å². The second kappa shape index (κ2) is 8.73. The van der Waals surface area contributed by atoms with Gasteiger partial charge in [0.2, 0.25) is 5.91 Å². The van der Waals surface area contributed by atoms with Crippen LogP contribution in [0.15, 0.2) is 52.3 Å². The lowest BCUT2D eigenvalue weighted by atomic mass is 10.2. The summed E-state index contributed by atoms with van der Waals surface area (Å²) in [7, 11) is 2.99. The second-order valence-electron chi connectivity index (χ2n) is 7.74. The van der Waals surface area contributed by atoms with Crippen molar-refractivity contribution in [3.63, 3.8) is 0 Å². The van der Waals surface area contributed by atoms with Crippen LogP contribution in [0.1, 0.15) is 5.56 Å². The molecule has 9 nitrogen and oxygen atoms in total. The quantitative estimate of drug-likeness (QED) is 0.590. The van der Waals surface area contributed by atoms with Gasteiger partial charge >= 0.3 is 5.69 Å². The summed E-state index contributed by atoms with van der Waals surface area (Å²) in [4.78, 5) is 45.7. The fraction of sp³-hybridized carbons (Fsp3) is 0.364. The van der Waals surface area contributed by atoms with E-state index in [1.165, 1.54) is 28.1 Å². The second-order valence-corrected chi connectivity index (χ2v) is 7.74. The Hall–Kier alpha value is -3.46. The number of fused-ring (bicyclic) bond motifs is 1. The fourth-order valence-corrected chi connectivity index (χ4v) is 3.84. The van der Waals surface area contributed by atoms with Crippen molar-refractivity contribution in [2.24, 2.45) is 14.1 Å². The number of benzene rings is 1. The maximum absolute atomic E-state index is 12.8. The highest BCUT2D eigenvalue weighted by molar-refractivity contribution is 5.79. The van der Waals surface area contributed by atoms with E-state index < -0.39 is 11.2 Å². The molecule has 0 spiro atoms. The largest absolute Gasteiger partial charge is 0.339 e. The molecule has 3 heterocycles. The molecule has 0 unspecified atom stereocenters. The molecule has 1 aliphatic heterocycles. The molecule has 1 amide bonds. The average Bonchev–Trinajstić information content (AvgIpc) is 3.21. The van der Waals surface area contributed by atoms with Gasteiger partial charge in [0.05, 0.1) is 6.33 Å². The number of amides is 1. The molecule has 1 saturated heterocycles. The van der Waals surface area contributed by atoms with Crippen molar-refractivity contribution in [1.29, 1.82) is 0 Å². The Morgan fingerprint density at radius 2 is 1.74 bits per heavy atom. The molecular weight excluding hydrogens is 396 g/mol. The monoisotopic (exact) mass is 422 g/mol. The molecule has 0 N–H and O–H groups in total. The van der Waals surface area contributed by atoms with Gasteiger partial charge in [-0.05, 0) is 5.56 Å². The third-order valence-electron chi connectivity index (χ3n) is 5.72. The van der Waals surface area contributed by atoms with E-state index in [9.17, 15) is 14.4 Å². The van der Waals surface area contributed by atoms with E-state index in [1.807, 2.05) is 23.1 Å². The molecule has 1 fully saturated rings. The number of hydrogen-bond acceptors (Lipinski definition) is 5. The zero-order chi connectivity index (χ0) is 22.0. The van der Waals surface area contributed by atoms with Gasteiger partial charge in [0.25, 0.3) is 5.56 Å². The normalized spacial score (nSPS) is 15.2. The Balaban J connectivity index is 1.37. The summed E-state index contributed by atoms with van der Waals surface area (Å²) in [6.45, 7) is 3.74. The van der Waals surface area contributed by atoms with Crippen LogP contribution >= 0.6 is 0 Å². The van der Waals surface area contributed by atoms with Crippen LogP contribution in [0, 0.1) is 0 Å². The van der Waals surface area contributed by atoms with Gasteiger partial charge in [0.15, 0.2) is 11.2 Å². The molecule has 0 saturated carbocycles. The van der Waals surface area contributed by atoms with Gasteiger partial charge in [0, 0.05) is 46.8 Å². The van der Waals surface area contributed by atoms with Crippen LogP contribution in [0.2, 0.25) is 0 Å². The van der Waals surface area contributed by atoms with Crippen molar-refractivity contribution in [2.45, 2.75) is 6.54 Å². The Bertz CT molecular complexity index is 1230. The third-order valence-corrected chi connectivity index (χ3v) is 5.72. The Kier molecular flexibility index (Phi) is 5.85. The SMILES string of the molecule is Cn1c(=O)c2c(ncn2CC(=O)N2CCN(C/C=C/c3ccccc3)CC2)n(C)c1=O. The molecule has 0 radical (unpaired) electrons. The zero-order valence-electron chi connectivity index (χ0n) is 17.8. The lowest BCUT2D eigenvalue weighted by Gasteiger charge is -2.34. The molecule has 1 aliphatic rings. The number of imidazole rings is 1. The topological polar surface area (TPSA) is 85.4 Å². The molecular formula is C22H26N6O3. The highest BCUT2D eigenvalue weighted by atomic mass is 16.2. The number of carbonyl (C=O) groups excluding carboxylic acids is 1. The van der Waals surface area contributed by atoms with Gasteiger partial charge in [-0.15, -0.1) is 0 Å². The maximum atomic E-state index is 12.8. The number of aryl methyl sites for hydroxylation is 1. The minimum atomic E-state index is -0.446. The highest BCUT2D eigenvalue weighted by Crippen LogP contribution is 2.09. The highest BCUT2D eigenvalue weighted by Gasteiger charge is 2.22. The van der Waals surface area contributed by atoms with E-state index in [-0.39, 0.29) is 23.6 Å². The van der Waals surface area contributed by atoms with Crippen molar-refractivity contribution < 1.29 is 4.79 Å². The summed E-state index contributed by atoms with van der Waals surface area (Å²) in [5.41, 5.74) is 0.844. The van der Waals surface area contributed by atoms with Gasteiger partial charge in [-0.25, -0.2) is 9.78 Å². The van der Waals surface area contributed by atoms with E-state index in [2.05, 4.69) is 34.2 Å². The standard InChI is InChI=1S/C22H26N6O3/c1-24-20-19(21(30)25(2)22(24)31)28(16-23-20)15-18(29)27-13-11-26(12-14-27)10-6-9-17-7-4-3-5-8-17/h3-9,16H,10-15H2,1-2H3/b9-6+. The van der Waals surface area contributed by atoms with Crippen LogP contribution in [-0.4, -0.2) is 67.1 Å². The Morgan fingerprint density at radius 3 is 2.45 bits per heavy atom. The molecule has 1 aromatic carbocycles.